The Hall–Kier alpha value is -1.85. The normalized spacial score (nSPS) is 14.1. The lowest BCUT2D eigenvalue weighted by atomic mass is 10.1. The third-order valence-electron chi connectivity index (χ3n) is 3.66. The molecule has 1 heterocycles. The lowest BCUT2D eigenvalue weighted by Crippen LogP contribution is -2.33. The highest BCUT2D eigenvalue weighted by Crippen LogP contribution is 2.29. The molecule has 0 fully saturated rings. The Morgan fingerprint density at radius 3 is 2.76 bits per heavy atom. The molecule has 2 rings (SSSR count). The van der Waals surface area contributed by atoms with Crippen molar-refractivity contribution in [1.29, 1.82) is 0 Å². The van der Waals surface area contributed by atoms with E-state index in [0.717, 1.165) is 22.3 Å². The first-order valence-electron chi connectivity index (χ1n) is 7.07. The highest BCUT2D eigenvalue weighted by Gasteiger charge is 2.19. The number of methoxy groups -OCH3 is 1. The molecule has 2 aromatic rings. The van der Waals surface area contributed by atoms with E-state index in [1.165, 1.54) is 0 Å². The Morgan fingerprint density at radius 2 is 2.14 bits per heavy atom. The summed E-state index contributed by atoms with van der Waals surface area (Å²) < 4.78 is 11.0. The van der Waals surface area contributed by atoms with E-state index in [9.17, 15) is 4.79 Å². The second-order valence-electron chi connectivity index (χ2n) is 5.17. The summed E-state index contributed by atoms with van der Waals surface area (Å²) in [4.78, 5) is 12.0. The molecule has 1 aromatic carbocycles. The number of carbonyl (C=O) groups excluding carboxylic acids is 1. The predicted molar refractivity (Wildman–Crippen MR) is 82.0 cm³/mol. The molecule has 0 aliphatic carbocycles. The topological polar surface area (TPSA) is 77.5 Å². The molecule has 0 aliphatic rings. The summed E-state index contributed by atoms with van der Waals surface area (Å²) in [6, 6.07) is 7.66. The Bertz CT molecular complexity index is 617. The zero-order valence-electron chi connectivity index (χ0n) is 12.7. The van der Waals surface area contributed by atoms with Crippen LogP contribution in [0.5, 0.6) is 0 Å². The fraction of sp³-hybridized carbons (Fsp3) is 0.438. The van der Waals surface area contributed by atoms with E-state index in [-0.39, 0.29) is 24.5 Å². The second kappa shape index (κ2) is 6.74. The zero-order valence-corrected chi connectivity index (χ0v) is 12.7. The minimum absolute atomic E-state index is 0.0975. The van der Waals surface area contributed by atoms with Gasteiger partial charge in [0.15, 0.2) is 0 Å². The van der Waals surface area contributed by atoms with Gasteiger partial charge in [-0.15, -0.1) is 0 Å². The summed E-state index contributed by atoms with van der Waals surface area (Å²) >= 11 is 0. The van der Waals surface area contributed by atoms with E-state index < -0.39 is 0 Å². The lowest BCUT2D eigenvalue weighted by Gasteiger charge is -2.16. The number of hydrogen-bond donors (Lipinski definition) is 2. The monoisotopic (exact) mass is 290 g/mol. The molecule has 3 N–H and O–H groups in total. The van der Waals surface area contributed by atoms with Crippen LogP contribution in [0.25, 0.3) is 11.0 Å². The lowest BCUT2D eigenvalue weighted by molar-refractivity contribution is -0.124. The summed E-state index contributed by atoms with van der Waals surface area (Å²) in [5.74, 6) is 0.686. The number of nitrogens with two attached hydrogens (primary N) is 1. The molecule has 2 unspecified atom stereocenters. The number of ether oxygens (including phenoxy) is 1. The van der Waals surface area contributed by atoms with Gasteiger partial charge >= 0.3 is 0 Å². The fourth-order valence-corrected chi connectivity index (χ4v) is 2.44. The Labute approximate surface area is 124 Å². The standard InChI is InChI=1S/C16H22N2O3/c1-10-13-6-4-5-7-14(13)21-16(10)11(2)18-15(19)8-12(9-17)20-3/h4-7,11-12H,8-9,17H2,1-3H3,(H,18,19). The minimum Gasteiger partial charge on any atom is -0.459 e. The van der Waals surface area contributed by atoms with Crippen LogP contribution in [0.3, 0.4) is 0 Å². The van der Waals surface area contributed by atoms with Crippen LogP contribution < -0.4 is 11.1 Å². The van der Waals surface area contributed by atoms with Crippen LogP contribution in [0.15, 0.2) is 28.7 Å². The van der Waals surface area contributed by atoms with E-state index in [1.54, 1.807) is 7.11 Å². The van der Waals surface area contributed by atoms with Gasteiger partial charge in [0.1, 0.15) is 11.3 Å². The second-order valence-corrected chi connectivity index (χ2v) is 5.17. The molecule has 0 saturated carbocycles. The van der Waals surface area contributed by atoms with E-state index in [0.29, 0.717) is 6.54 Å². The first kappa shape index (κ1) is 15.5. The number of furan rings is 1. The number of carbonyl (C=O) groups is 1. The molecule has 0 aliphatic heterocycles. The van der Waals surface area contributed by atoms with Crippen molar-refractivity contribution in [2.45, 2.75) is 32.4 Å². The van der Waals surface area contributed by atoms with Crippen molar-refractivity contribution in [3.05, 3.63) is 35.6 Å². The molecule has 1 amide bonds. The summed E-state index contributed by atoms with van der Waals surface area (Å²) in [5.41, 5.74) is 7.42. The van der Waals surface area contributed by atoms with Gasteiger partial charge in [-0.3, -0.25) is 4.79 Å². The highest BCUT2D eigenvalue weighted by atomic mass is 16.5. The number of fused-ring (bicyclic) bond motifs is 1. The van der Waals surface area contributed by atoms with E-state index in [4.69, 9.17) is 14.9 Å². The summed E-state index contributed by atoms with van der Waals surface area (Å²) in [6.07, 6.45) is -0.00894. The van der Waals surface area contributed by atoms with Crippen molar-refractivity contribution >= 4 is 16.9 Å². The van der Waals surface area contributed by atoms with Gasteiger partial charge in [-0.05, 0) is 19.9 Å². The third kappa shape index (κ3) is 3.43. The van der Waals surface area contributed by atoms with Gasteiger partial charge in [-0.2, -0.15) is 0 Å². The molecule has 2 atom stereocenters. The molecule has 0 spiro atoms. The number of para-hydroxylation sites is 1. The van der Waals surface area contributed by atoms with Crippen LogP contribution >= 0.6 is 0 Å². The summed E-state index contributed by atoms with van der Waals surface area (Å²) in [5, 5.41) is 4.00. The summed E-state index contributed by atoms with van der Waals surface area (Å²) in [7, 11) is 1.55. The van der Waals surface area contributed by atoms with Crippen LogP contribution in [0.4, 0.5) is 0 Å². The van der Waals surface area contributed by atoms with Gasteiger partial charge in [0.05, 0.1) is 18.6 Å². The smallest absolute Gasteiger partial charge is 0.223 e. The van der Waals surface area contributed by atoms with E-state index in [2.05, 4.69) is 5.32 Å². The molecule has 114 valence electrons. The van der Waals surface area contributed by atoms with Gasteiger partial charge in [-0.25, -0.2) is 0 Å². The van der Waals surface area contributed by atoms with Crippen molar-refractivity contribution < 1.29 is 13.9 Å². The maximum Gasteiger partial charge on any atom is 0.223 e. The number of benzene rings is 1. The van der Waals surface area contributed by atoms with Crippen LogP contribution in [-0.2, 0) is 9.53 Å². The average molecular weight is 290 g/mol. The van der Waals surface area contributed by atoms with Gasteiger partial charge in [-0.1, -0.05) is 18.2 Å². The fourth-order valence-electron chi connectivity index (χ4n) is 2.44. The SMILES string of the molecule is COC(CN)CC(=O)NC(C)c1oc2ccccc2c1C. The molecule has 5 heteroatoms. The highest BCUT2D eigenvalue weighted by molar-refractivity contribution is 5.82. The van der Waals surface area contributed by atoms with Crippen molar-refractivity contribution in [3.63, 3.8) is 0 Å². The van der Waals surface area contributed by atoms with Gasteiger partial charge in [0, 0.05) is 24.6 Å². The van der Waals surface area contributed by atoms with Crippen LogP contribution in [0.2, 0.25) is 0 Å². The average Bonchev–Trinajstić information content (AvgIpc) is 2.82. The van der Waals surface area contributed by atoms with Crippen LogP contribution in [0, 0.1) is 6.92 Å². The van der Waals surface area contributed by atoms with Crippen LogP contribution in [-0.4, -0.2) is 25.7 Å². The predicted octanol–water partition coefficient (Wildman–Crippen LogP) is 2.28. The Balaban J connectivity index is 2.10. The van der Waals surface area contributed by atoms with Crippen molar-refractivity contribution in [2.75, 3.05) is 13.7 Å². The largest absolute Gasteiger partial charge is 0.459 e. The molecule has 0 bridgehead atoms. The third-order valence-corrected chi connectivity index (χ3v) is 3.66. The van der Waals surface area contributed by atoms with E-state index in [1.807, 2.05) is 38.1 Å². The zero-order chi connectivity index (χ0) is 15.4. The van der Waals surface area contributed by atoms with Gasteiger partial charge in [0.25, 0.3) is 0 Å². The molecule has 21 heavy (non-hydrogen) atoms. The molecule has 0 radical (unpaired) electrons. The molecule has 0 saturated heterocycles. The quantitative estimate of drug-likeness (QED) is 0.855. The summed E-state index contributed by atoms with van der Waals surface area (Å²) in [6.45, 7) is 4.23. The van der Waals surface area contributed by atoms with Crippen LogP contribution in [0.1, 0.15) is 30.7 Å². The maximum absolute atomic E-state index is 12.0. The van der Waals surface area contributed by atoms with Crippen molar-refractivity contribution in [2.24, 2.45) is 5.73 Å². The first-order chi connectivity index (χ1) is 10.1. The number of nitrogens with one attached hydrogen (secondary N) is 1. The number of amides is 1. The first-order valence-corrected chi connectivity index (χ1v) is 7.07. The number of aryl methyl sites for hydroxylation is 1. The van der Waals surface area contributed by atoms with Crippen molar-refractivity contribution in [1.82, 2.24) is 5.32 Å². The minimum atomic E-state index is -0.256. The van der Waals surface area contributed by atoms with Gasteiger partial charge in [0.2, 0.25) is 5.91 Å². The molecular weight excluding hydrogens is 268 g/mol. The van der Waals surface area contributed by atoms with E-state index >= 15 is 0 Å². The Morgan fingerprint density at radius 1 is 1.43 bits per heavy atom. The maximum atomic E-state index is 12.0. The number of hydrogen-bond acceptors (Lipinski definition) is 4. The van der Waals surface area contributed by atoms with Gasteiger partial charge < -0.3 is 20.2 Å². The molecule has 5 nitrogen and oxygen atoms in total. The molecular formula is C16H22N2O3. The Kier molecular flexibility index (Phi) is 4.98. The van der Waals surface area contributed by atoms with Crippen molar-refractivity contribution in [3.8, 4) is 0 Å². The number of rotatable bonds is 6. The molecule has 1 aromatic heterocycles.